The molecule has 0 N–H and O–H groups in total. The van der Waals surface area contributed by atoms with Gasteiger partial charge in [-0.1, -0.05) is 24.6 Å². The zero-order chi connectivity index (χ0) is 25.9. The molecule has 0 saturated carbocycles. The second-order valence-corrected chi connectivity index (χ2v) is 10.3. The van der Waals surface area contributed by atoms with Crippen LogP contribution < -0.4 is 24.6 Å². The maximum atomic E-state index is 6.47. The fourth-order valence-corrected chi connectivity index (χ4v) is 5.96. The summed E-state index contributed by atoms with van der Waals surface area (Å²) in [5.41, 5.74) is 4.48. The van der Waals surface area contributed by atoms with Gasteiger partial charge >= 0.3 is 0 Å². The fraction of sp³-hybridized carbons (Fsp3) is 0.438. The minimum absolute atomic E-state index is 0.0414. The number of nitrogens with zero attached hydrogens (tertiary/aromatic N) is 1. The SMILES string of the molecule is COC1=Cc2c3c(cc(OC)c2=C2CO[C@H](c4ccc(OCCN5CCCCC5)cc4)CC2=C1)=CCCO3. The molecule has 38 heavy (non-hydrogen) atoms. The number of fused-ring (bicyclic) bond motifs is 4. The van der Waals surface area contributed by atoms with E-state index in [2.05, 4.69) is 53.5 Å². The topological polar surface area (TPSA) is 49.4 Å². The van der Waals surface area contributed by atoms with Crippen LogP contribution in [0.5, 0.6) is 17.2 Å². The van der Waals surface area contributed by atoms with Crippen molar-refractivity contribution in [1.82, 2.24) is 4.90 Å². The van der Waals surface area contributed by atoms with Crippen LogP contribution in [-0.2, 0) is 9.47 Å². The summed E-state index contributed by atoms with van der Waals surface area (Å²) in [4.78, 5) is 2.50. The van der Waals surface area contributed by atoms with E-state index in [4.69, 9.17) is 23.7 Å². The first kappa shape index (κ1) is 25.1. The second kappa shape index (κ2) is 11.3. The molecule has 0 spiro atoms. The highest BCUT2D eigenvalue weighted by atomic mass is 16.5. The van der Waals surface area contributed by atoms with E-state index in [0.29, 0.717) is 13.2 Å². The molecule has 3 heterocycles. The molecule has 2 fully saturated rings. The van der Waals surface area contributed by atoms with Crippen molar-refractivity contribution < 1.29 is 23.7 Å². The van der Waals surface area contributed by atoms with Crippen molar-refractivity contribution in [2.45, 2.75) is 38.2 Å². The van der Waals surface area contributed by atoms with Crippen LogP contribution in [0.2, 0.25) is 0 Å². The molecule has 4 aliphatic rings. The van der Waals surface area contributed by atoms with Gasteiger partial charge in [-0.05, 0) is 73.0 Å². The van der Waals surface area contributed by atoms with Crippen molar-refractivity contribution in [1.29, 1.82) is 0 Å². The number of hydrogen-bond donors (Lipinski definition) is 0. The van der Waals surface area contributed by atoms with E-state index in [1.165, 1.54) is 37.9 Å². The zero-order valence-electron chi connectivity index (χ0n) is 22.5. The number of likely N-dealkylation sites (tertiary alicyclic amines) is 1. The molecule has 0 unspecified atom stereocenters. The van der Waals surface area contributed by atoms with Gasteiger partial charge < -0.3 is 23.7 Å². The molecule has 2 aromatic rings. The summed E-state index contributed by atoms with van der Waals surface area (Å²) in [7, 11) is 3.44. The third kappa shape index (κ3) is 5.07. The monoisotopic (exact) mass is 515 g/mol. The van der Waals surface area contributed by atoms with Gasteiger partial charge in [-0.2, -0.15) is 0 Å². The van der Waals surface area contributed by atoms with Gasteiger partial charge in [-0.15, -0.1) is 0 Å². The Kier molecular flexibility index (Phi) is 7.43. The normalized spacial score (nSPS) is 20.9. The van der Waals surface area contributed by atoms with Gasteiger partial charge in [0, 0.05) is 35.4 Å². The summed E-state index contributed by atoms with van der Waals surface area (Å²) in [5.74, 6) is 3.44. The number of methoxy groups -OCH3 is 2. The van der Waals surface area contributed by atoms with E-state index in [0.717, 1.165) is 76.1 Å². The Morgan fingerprint density at radius 1 is 1.00 bits per heavy atom. The number of rotatable bonds is 7. The first-order valence-corrected chi connectivity index (χ1v) is 13.8. The molecule has 6 nitrogen and oxygen atoms in total. The summed E-state index contributed by atoms with van der Waals surface area (Å²) >= 11 is 0. The van der Waals surface area contributed by atoms with Crippen LogP contribution in [0.15, 0.2) is 47.7 Å². The predicted octanol–water partition coefficient (Wildman–Crippen LogP) is 4.36. The number of hydrogen-bond acceptors (Lipinski definition) is 6. The molecule has 2 saturated heterocycles. The molecule has 6 rings (SSSR count). The molecular weight excluding hydrogens is 478 g/mol. The van der Waals surface area contributed by atoms with Crippen LogP contribution in [0.1, 0.15) is 49.3 Å². The molecule has 200 valence electrons. The highest BCUT2D eigenvalue weighted by Crippen LogP contribution is 2.38. The maximum Gasteiger partial charge on any atom is 0.134 e. The van der Waals surface area contributed by atoms with Crippen molar-refractivity contribution in [2.24, 2.45) is 0 Å². The Hall–Kier alpha value is -3.22. The van der Waals surface area contributed by atoms with Gasteiger partial charge in [-0.25, -0.2) is 0 Å². The van der Waals surface area contributed by atoms with Gasteiger partial charge in [0.05, 0.1) is 33.5 Å². The molecule has 1 atom stereocenters. The molecule has 0 amide bonds. The minimum Gasteiger partial charge on any atom is -0.497 e. The molecule has 0 bridgehead atoms. The van der Waals surface area contributed by atoms with Crippen LogP contribution in [0.3, 0.4) is 0 Å². The number of ether oxygens (including phenoxy) is 5. The van der Waals surface area contributed by atoms with Crippen molar-refractivity contribution >= 4 is 17.7 Å². The maximum absolute atomic E-state index is 6.47. The Bertz CT molecular complexity index is 1350. The van der Waals surface area contributed by atoms with Gasteiger partial charge in [0.2, 0.25) is 0 Å². The van der Waals surface area contributed by atoms with Crippen LogP contribution in [0, 0.1) is 0 Å². The summed E-state index contributed by atoms with van der Waals surface area (Å²) in [6, 6.07) is 10.5. The van der Waals surface area contributed by atoms with Crippen LogP contribution in [-0.4, -0.2) is 58.6 Å². The minimum atomic E-state index is -0.0414. The average molecular weight is 516 g/mol. The fourth-order valence-electron chi connectivity index (χ4n) is 5.96. The molecule has 3 aliphatic heterocycles. The first-order valence-electron chi connectivity index (χ1n) is 13.8. The standard InChI is InChI=1S/C32H37NO5/c1-34-26-17-24-19-29(22-8-10-25(11-9-22)36-16-14-33-12-4-3-5-13-33)38-21-28(24)31-27(20-26)32-23(7-6-15-37-32)18-30(31)35-2/h7-11,17-18,20,29H,3-6,12-16,19,21H2,1-2H3/t29-/m0/s1. The lowest BCUT2D eigenvalue weighted by molar-refractivity contribution is 0.0672. The Balaban J connectivity index is 1.24. The molecule has 0 radical (unpaired) electrons. The summed E-state index contributed by atoms with van der Waals surface area (Å²) in [5, 5.41) is 2.10. The van der Waals surface area contributed by atoms with Crippen molar-refractivity contribution in [2.75, 3.05) is 53.7 Å². The third-order valence-corrected chi connectivity index (χ3v) is 8.00. The lowest BCUT2D eigenvalue weighted by atomic mass is 9.91. The van der Waals surface area contributed by atoms with E-state index in [9.17, 15) is 0 Å². The molecule has 2 aromatic carbocycles. The average Bonchev–Trinajstić information content (AvgIpc) is 3.14. The Morgan fingerprint density at radius 3 is 2.63 bits per heavy atom. The lowest BCUT2D eigenvalue weighted by Crippen LogP contribution is -2.33. The quantitative estimate of drug-likeness (QED) is 0.546. The van der Waals surface area contributed by atoms with Crippen LogP contribution >= 0.6 is 0 Å². The smallest absolute Gasteiger partial charge is 0.134 e. The second-order valence-electron chi connectivity index (χ2n) is 10.3. The van der Waals surface area contributed by atoms with E-state index < -0.39 is 0 Å². The highest BCUT2D eigenvalue weighted by molar-refractivity contribution is 5.79. The van der Waals surface area contributed by atoms with Crippen molar-refractivity contribution in [3.8, 4) is 17.2 Å². The number of allylic oxidation sites excluding steroid dienone is 1. The van der Waals surface area contributed by atoms with Gasteiger partial charge in [0.1, 0.15) is 29.6 Å². The molecule has 1 aliphatic carbocycles. The lowest BCUT2D eigenvalue weighted by Gasteiger charge is -2.28. The van der Waals surface area contributed by atoms with Crippen molar-refractivity contribution in [3.63, 3.8) is 0 Å². The number of benzene rings is 2. The highest BCUT2D eigenvalue weighted by Gasteiger charge is 2.28. The summed E-state index contributed by atoms with van der Waals surface area (Å²) < 4.78 is 30.3. The van der Waals surface area contributed by atoms with Crippen LogP contribution in [0.4, 0.5) is 0 Å². The summed E-state index contributed by atoms with van der Waals surface area (Å²) in [6.07, 6.45) is 12.0. The Labute approximate surface area is 224 Å². The third-order valence-electron chi connectivity index (χ3n) is 8.00. The van der Waals surface area contributed by atoms with E-state index >= 15 is 0 Å². The number of piperidine rings is 1. The first-order chi connectivity index (χ1) is 18.7. The van der Waals surface area contributed by atoms with E-state index in [1.54, 1.807) is 14.2 Å². The molecular formula is C32H37NO5. The molecule has 0 aromatic heterocycles. The predicted molar refractivity (Wildman–Crippen MR) is 149 cm³/mol. The van der Waals surface area contributed by atoms with Gasteiger partial charge in [0.25, 0.3) is 0 Å². The van der Waals surface area contributed by atoms with Gasteiger partial charge in [-0.3, -0.25) is 4.90 Å². The van der Waals surface area contributed by atoms with Crippen LogP contribution in [0.25, 0.3) is 17.7 Å². The largest absolute Gasteiger partial charge is 0.497 e. The Morgan fingerprint density at radius 2 is 1.84 bits per heavy atom. The van der Waals surface area contributed by atoms with E-state index in [1.807, 2.05) is 0 Å². The molecule has 6 heteroatoms. The van der Waals surface area contributed by atoms with Gasteiger partial charge in [0.15, 0.2) is 0 Å². The summed E-state index contributed by atoms with van der Waals surface area (Å²) in [6.45, 7) is 5.27. The van der Waals surface area contributed by atoms with Crippen molar-refractivity contribution in [3.05, 3.63) is 69.3 Å². The van der Waals surface area contributed by atoms with E-state index in [-0.39, 0.29) is 6.10 Å². The zero-order valence-corrected chi connectivity index (χ0v) is 22.5.